The Morgan fingerprint density at radius 1 is 1.00 bits per heavy atom. The van der Waals surface area contributed by atoms with Crippen LogP contribution in [0.1, 0.15) is 39.2 Å². The molecule has 130 valence electrons. The third-order valence-corrected chi connectivity index (χ3v) is 5.15. The minimum absolute atomic E-state index is 0.126. The first-order chi connectivity index (χ1) is 11.9. The molecule has 1 saturated heterocycles. The number of rotatable bonds is 2. The molecule has 0 aliphatic carbocycles. The number of fused-ring (bicyclic) bond motifs is 1. The molecular formula is C21H26N4. The molecule has 0 unspecified atom stereocenters. The Bertz CT molecular complexity index is 911. The van der Waals surface area contributed by atoms with Crippen LogP contribution in [0.25, 0.3) is 21.9 Å². The summed E-state index contributed by atoms with van der Waals surface area (Å²) in [6, 6.07) is 6.87. The summed E-state index contributed by atoms with van der Waals surface area (Å²) in [5.41, 5.74) is 3.76. The first kappa shape index (κ1) is 16.1. The second-order valence-corrected chi connectivity index (χ2v) is 8.10. The van der Waals surface area contributed by atoms with Gasteiger partial charge in [-0.3, -0.25) is 4.68 Å². The Morgan fingerprint density at radius 2 is 1.76 bits per heavy atom. The van der Waals surface area contributed by atoms with E-state index < -0.39 is 0 Å². The number of benzene rings is 1. The fraction of sp³-hybridized carbons (Fsp3) is 0.429. The van der Waals surface area contributed by atoms with Crippen LogP contribution in [0, 0.1) is 0 Å². The predicted octanol–water partition coefficient (Wildman–Crippen LogP) is 4.53. The van der Waals surface area contributed by atoms with Crippen molar-refractivity contribution in [1.82, 2.24) is 14.8 Å². The first-order valence-corrected chi connectivity index (χ1v) is 9.11. The largest absolute Gasteiger partial charge is 0.356 e. The van der Waals surface area contributed by atoms with Gasteiger partial charge in [0.25, 0.3) is 0 Å². The summed E-state index contributed by atoms with van der Waals surface area (Å²) in [5.74, 6) is 1.13. The molecule has 0 saturated carbocycles. The number of anilines is 1. The van der Waals surface area contributed by atoms with Crippen LogP contribution in [0.15, 0.2) is 36.8 Å². The Hall–Kier alpha value is -2.36. The quantitative estimate of drug-likeness (QED) is 0.690. The highest BCUT2D eigenvalue weighted by molar-refractivity contribution is 6.02. The van der Waals surface area contributed by atoms with E-state index in [1.807, 2.05) is 24.1 Å². The maximum atomic E-state index is 4.89. The van der Waals surface area contributed by atoms with E-state index in [0.29, 0.717) is 0 Å². The number of pyridine rings is 1. The van der Waals surface area contributed by atoms with Crippen molar-refractivity contribution >= 4 is 16.6 Å². The Labute approximate surface area is 149 Å². The van der Waals surface area contributed by atoms with E-state index in [2.05, 4.69) is 55.2 Å². The lowest BCUT2D eigenvalue weighted by atomic mass is 9.85. The van der Waals surface area contributed by atoms with Crippen LogP contribution >= 0.6 is 0 Å². The van der Waals surface area contributed by atoms with Gasteiger partial charge in [-0.1, -0.05) is 32.9 Å². The van der Waals surface area contributed by atoms with Crippen LogP contribution in [0.4, 0.5) is 5.82 Å². The smallest absolute Gasteiger partial charge is 0.136 e. The van der Waals surface area contributed by atoms with Crippen LogP contribution in [0.2, 0.25) is 0 Å². The zero-order valence-electron chi connectivity index (χ0n) is 15.6. The lowest BCUT2D eigenvalue weighted by molar-refractivity contribution is 0.591. The van der Waals surface area contributed by atoms with Crippen molar-refractivity contribution in [2.24, 2.45) is 7.05 Å². The summed E-state index contributed by atoms with van der Waals surface area (Å²) in [4.78, 5) is 7.32. The molecule has 4 rings (SSSR count). The van der Waals surface area contributed by atoms with Gasteiger partial charge in [-0.15, -0.1) is 0 Å². The third-order valence-electron chi connectivity index (χ3n) is 5.15. The van der Waals surface area contributed by atoms with Gasteiger partial charge in [-0.05, 0) is 35.3 Å². The standard InChI is InChI=1S/C21H26N4/c1-21(2,3)16-7-8-17-18(11-16)20(25-9-5-6-10-25)22-13-19(17)15-12-23-24(4)14-15/h7-8,11-14H,5-6,9-10H2,1-4H3. The molecular weight excluding hydrogens is 308 g/mol. The van der Waals surface area contributed by atoms with Gasteiger partial charge in [0.2, 0.25) is 0 Å². The molecule has 1 aliphatic rings. The number of nitrogens with zero attached hydrogens (tertiary/aromatic N) is 4. The topological polar surface area (TPSA) is 34.0 Å². The van der Waals surface area contributed by atoms with Gasteiger partial charge in [0.1, 0.15) is 5.82 Å². The highest BCUT2D eigenvalue weighted by atomic mass is 15.2. The van der Waals surface area contributed by atoms with Gasteiger partial charge in [0, 0.05) is 49.0 Å². The third kappa shape index (κ3) is 2.90. The fourth-order valence-electron chi connectivity index (χ4n) is 3.67. The van der Waals surface area contributed by atoms with Gasteiger partial charge < -0.3 is 4.90 Å². The summed E-state index contributed by atoms with van der Waals surface area (Å²) in [6.45, 7) is 9.01. The molecule has 3 heterocycles. The van der Waals surface area contributed by atoms with Crippen molar-refractivity contribution in [1.29, 1.82) is 0 Å². The number of hydrogen-bond donors (Lipinski definition) is 0. The normalized spacial score (nSPS) is 15.3. The van der Waals surface area contributed by atoms with Gasteiger partial charge in [0.15, 0.2) is 0 Å². The van der Waals surface area contributed by atoms with Crippen LogP contribution in [-0.4, -0.2) is 27.9 Å². The average Bonchev–Trinajstić information content (AvgIpc) is 3.24. The van der Waals surface area contributed by atoms with E-state index >= 15 is 0 Å². The molecule has 1 fully saturated rings. The van der Waals surface area contributed by atoms with Gasteiger partial charge in [-0.2, -0.15) is 5.10 Å². The SMILES string of the molecule is Cn1cc(-c2cnc(N3CCCC3)c3cc(C(C)(C)C)ccc23)cn1. The highest BCUT2D eigenvalue weighted by Gasteiger charge is 2.21. The molecule has 0 atom stereocenters. The lowest BCUT2D eigenvalue weighted by Crippen LogP contribution is -2.19. The lowest BCUT2D eigenvalue weighted by Gasteiger charge is -2.23. The van der Waals surface area contributed by atoms with Gasteiger partial charge in [0.05, 0.1) is 6.20 Å². The van der Waals surface area contributed by atoms with E-state index in [1.165, 1.54) is 29.2 Å². The summed E-state index contributed by atoms with van der Waals surface area (Å²) in [7, 11) is 1.95. The van der Waals surface area contributed by atoms with Crippen molar-refractivity contribution in [3.05, 3.63) is 42.4 Å². The molecule has 2 aromatic heterocycles. The molecule has 0 bridgehead atoms. The average molecular weight is 334 g/mol. The zero-order valence-corrected chi connectivity index (χ0v) is 15.6. The molecule has 4 nitrogen and oxygen atoms in total. The minimum Gasteiger partial charge on any atom is -0.356 e. The van der Waals surface area contributed by atoms with E-state index in [9.17, 15) is 0 Å². The van der Waals surface area contributed by atoms with Crippen LogP contribution in [0.3, 0.4) is 0 Å². The molecule has 1 aromatic carbocycles. The maximum Gasteiger partial charge on any atom is 0.136 e. The Kier molecular flexibility index (Phi) is 3.78. The summed E-state index contributed by atoms with van der Waals surface area (Å²) in [5, 5.41) is 6.86. The fourth-order valence-corrected chi connectivity index (χ4v) is 3.67. The van der Waals surface area contributed by atoms with Crippen LogP contribution in [0.5, 0.6) is 0 Å². The van der Waals surface area contributed by atoms with Crippen molar-refractivity contribution < 1.29 is 0 Å². The van der Waals surface area contributed by atoms with E-state index in [-0.39, 0.29) is 5.41 Å². The van der Waals surface area contributed by atoms with Gasteiger partial charge >= 0.3 is 0 Å². The second kappa shape index (κ2) is 5.87. The summed E-state index contributed by atoms with van der Waals surface area (Å²) >= 11 is 0. The van der Waals surface area contributed by atoms with E-state index in [0.717, 1.165) is 30.0 Å². The van der Waals surface area contributed by atoms with Crippen molar-refractivity contribution in [2.75, 3.05) is 18.0 Å². The van der Waals surface area contributed by atoms with Gasteiger partial charge in [-0.25, -0.2) is 4.98 Å². The predicted molar refractivity (Wildman–Crippen MR) is 104 cm³/mol. The minimum atomic E-state index is 0.126. The molecule has 0 radical (unpaired) electrons. The van der Waals surface area contributed by atoms with Crippen molar-refractivity contribution in [3.8, 4) is 11.1 Å². The summed E-state index contributed by atoms with van der Waals surface area (Å²) < 4.78 is 1.85. The molecule has 4 heteroatoms. The van der Waals surface area contributed by atoms with E-state index in [1.54, 1.807) is 0 Å². The monoisotopic (exact) mass is 334 g/mol. The van der Waals surface area contributed by atoms with E-state index in [4.69, 9.17) is 4.98 Å². The number of aromatic nitrogens is 3. The maximum absolute atomic E-state index is 4.89. The van der Waals surface area contributed by atoms with Crippen molar-refractivity contribution in [3.63, 3.8) is 0 Å². The zero-order chi connectivity index (χ0) is 17.6. The molecule has 1 aliphatic heterocycles. The number of hydrogen-bond acceptors (Lipinski definition) is 3. The van der Waals surface area contributed by atoms with Crippen molar-refractivity contribution in [2.45, 2.75) is 39.0 Å². The first-order valence-electron chi connectivity index (χ1n) is 9.11. The highest BCUT2D eigenvalue weighted by Crippen LogP contribution is 2.36. The van der Waals surface area contributed by atoms with Crippen LogP contribution in [-0.2, 0) is 12.5 Å². The number of aryl methyl sites for hydroxylation is 1. The molecule has 3 aromatic rings. The Morgan fingerprint density at radius 3 is 2.40 bits per heavy atom. The second-order valence-electron chi connectivity index (χ2n) is 8.10. The molecule has 0 N–H and O–H groups in total. The molecule has 0 spiro atoms. The molecule has 0 amide bonds. The Balaban J connectivity index is 1.96. The summed E-state index contributed by atoms with van der Waals surface area (Å²) in [6.07, 6.45) is 8.51. The molecule has 25 heavy (non-hydrogen) atoms. The van der Waals surface area contributed by atoms with Crippen LogP contribution < -0.4 is 4.90 Å².